The van der Waals surface area contributed by atoms with Crippen molar-refractivity contribution < 1.29 is 9.18 Å². The average molecular weight is 449 g/mol. The maximum atomic E-state index is 13.9. The number of carbonyl (C=O) groups excluding carboxylic acids is 1. The summed E-state index contributed by atoms with van der Waals surface area (Å²) in [5.74, 6) is 0.323. The van der Waals surface area contributed by atoms with E-state index in [1.54, 1.807) is 20.2 Å². The molecule has 150 valence electrons. The lowest BCUT2D eigenvalue weighted by Gasteiger charge is -2.15. The maximum Gasteiger partial charge on any atom is 0.241 e. The summed E-state index contributed by atoms with van der Waals surface area (Å²) in [6.45, 7) is 1.29. The molecular formula is C21H26BrFN4O. The molecular weight excluding hydrogens is 423 g/mol. The molecule has 0 fully saturated rings. The van der Waals surface area contributed by atoms with Crippen molar-refractivity contribution in [3.63, 3.8) is 0 Å². The molecule has 1 amide bonds. The second-order valence-corrected chi connectivity index (χ2v) is 7.47. The van der Waals surface area contributed by atoms with Crippen molar-refractivity contribution in [2.24, 2.45) is 4.99 Å². The van der Waals surface area contributed by atoms with Gasteiger partial charge in [-0.05, 0) is 36.1 Å². The Hall–Kier alpha value is -2.41. The minimum atomic E-state index is -0.206. The van der Waals surface area contributed by atoms with Gasteiger partial charge in [0.25, 0.3) is 0 Å². The number of nitrogens with one attached hydrogen (secondary N) is 2. The second-order valence-electron chi connectivity index (χ2n) is 6.56. The molecule has 0 unspecified atom stereocenters. The normalized spacial score (nSPS) is 11.2. The summed E-state index contributed by atoms with van der Waals surface area (Å²) in [6.07, 6.45) is 1.36. The van der Waals surface area contributed by atoms with Gasteiger partial charge in [-0.25, -0.2) is 9.38 Å². The molecule has 2 aromatic rings. The van der Waals surface area contributed by atoms with Crippen molar-refractivity contribution in [2.75, 3.05) is 27.2 Å². The Kier molecular flexibility index (Phi) is 8.94. The van der Waals surface area contributed by atoms with Gasteiger partial charge in [0.2, 0.25) is 5.91 Å². The van der Waals surface area contributed by atoms with Gasteiger partial charge in [0.15, 0.2) is 5.96 Å². The largest absolute Gasteiger partial charge is 0.356 e. The Balaban J connectivity index is 1.89. The molecule has 28 heavy (non-hydrogen) atoms. The van der Waals surface area contributed by atoms with Gasteiger partial charge in [0.1, 0.15) is 5.82 Å². The predicted octanol–water partition coefficient (Wildman–Crippen LogP) is 3.34. The highest BCUT2D eigenvalue weighted by molar-refractivity contribution is 9.10. The van der Waals surface area contributed by atoms with E-state index in [1.807, 2.05) is 36.4 Å². The fourth-order valence-corrected chi connectivity index (χ4v) is 2.79. The number of likely N-dealkylation sites (N-methyl/N-ethyl adjacent to an activating group) is 1. The molecule has 5 nitrogen and oxygen atoms in total. The Bertz CT molecular complexity index is 796. The first-order valence-electron chi connectivity index (χ1n) is 9.16. The van der Waals surface area contributed by atoms with Crippen LogP contribution in [0.15, 0.2) is 58.0 Å². The Labute approximate surface area is 174 Å². The van der Waals surface area contributed by atoms with Crippen molar-refractivity contribution in [3.05, 3.63) is 69.9 Å². The molecule has 2 N–H and O–H groups in total. The first-order chi connectivity index (χ1) is 13.5. The predicted molar refractivity (Wildman–Crippen MR) is 115 cm³/mol. The highest BCUT2D eigenvalue weighted by Gasteiger charge is 2.07. The first kappa shape index (κ1) is 21.9. The van der Waals surface area contributed by atoms with E-state index in [1.165, 1.54) is 11.0 Å². The van der Waals surface area contributed by atoms with Crippen LogP contribution >= 0.6 is 15.9 Å². The number of halogens is 2. The minimum Gasteiger partial charge on any atom is -0.356 e. The van der Waals surface area contributed by atoms with Gasteiger partial charge in [0.05, 0.1) is 13.1 Å². The van der Waals surface area contributed by atoms with Crippen molar-refractivity contribution in [3.8, 4) is 0 Å². The molecule has 0 radical (unpaired) electrons. The van der Waals surface area contributed by atoms with Gasteiger partial charge in [-0.15, -0.1) is 0 Å². The molecule has 0 aliphatic carbocycles. The summed E-state index contributed by atoms with van der Waals surface area (Å²) < 4.78 is 14.6. The smallest absolute Gasteiger partial charge is 0.241 e. The number of aliphatic imine (C=N–C) groups is 1. The van der Waals surface area contributed by atoms with E-state index in [9.17, 15) is 9.18 Å². The highest BCUT2D eigenvalue weighted by Crippen LogP contribution is 2.16. The van der Waals surface area contributed by atoms with E-state index in [0.717, 1.165) is 16.5 Å². The van der Waals surface area contributed by atoms with Crippen molar-refractivity contribution in [2.45, 2.75) is 19.4 Å². The number of nitrogens with zero attached hydrogens (tertiary/aromatic N) is 2. The molecule has 0 heterocycles. The zero-order valence-corrected chi connectivity index (χ0v) is 17.8. The van der Waals surface area contributed by atoms with Crippen LogP contribution in [-0.2, 0) is 17.8 Å². The molecule has 0 spiro atoms. The topological polar surface area (TPSA) is 56.7 Å². The van der Waals surface area contributed by atoms with E-state index >= 15 is 0 Å². The third-order valence-electron chi connectivity index (χ3n) is 4.10. The van der Waals surface area contributed by atoms with Gasteiger partial charge in [-0.1, -0.05) is 52.3 Å². The van der Waals surface area contributed by atoms with Gasteiger partial charge in [-0.3, -0.25) is 4.79 Å². The Morgan fingerprint density at radius 1 is 1.14 bits per heavy atom. The molecule has 2 rings (SSSR count). The highest BCUT2D eigenvalue weighted by atomic mass is 79.9. The van der Waals surface area contributed by atoms with Gasteiger partial charge in [-0.2, -0.15) is 0 Å². The summed E-state index contributed by atoms with van der Waals surface area (Å²) in [4.78, 5) is 17.9. The van der Waals surface area contributed by atoms with E-state index in [4.69, 9.17) is 0 Å². The van der Waals surface area contributed by atoms with Crippen LogP contribution in [0.1, 0.15) is 17.5 Å². The Morgan fingerprint density at radius 3 is 2.57 bits per heavy atom. The van der Waals surface area contributed by atoms with E-state index in [2.05, 4.69) is 31.6 Å². The number of guanidine groups is 1. The monoisotopic (exact) mass is 448 g/mol. The minimum absolute atomic E-state index is 0.0360. The zero-order chi connectivity index (χ0) is 20.4. The van der Waals surface area contributed by atoms with Crippen LogP contribution < -0.4 is 10.6 Å². The van der Waals surface area contributed by atoms with Crippen LogP contribution in [0.2, 0.25) is 0 Å². The number of amides is 1. The molecule has 0 aliphatic heterocycles. The SMILES string of the molecule is CN(C)C(=O)CNC(=NCc1ccccc1)NCCCc1ccc(Br)cc1F. The fourth-order valence-electron chi connectivity index (χ4n) is 2.46. The lowest BCUT2D eigenvalue weighted by atomic mass is 10.1. The zero-order valence-electron chi connectivity index (χ0n) is 16.2. The van der Waals surface area contributed by atoms with Crippen LogP contribution in [0.5, 0.6) is 0 Å². The number of hydrogen-bond donors (Lipinski definition) is 2. The average Bonchev–Trinajstić information content (AvgIpc) is 2.68. The van der Waals surface area contributed by atoms with Gasteiger partial charge < -0.3 is 15.5 Å². The number of benzene rings is 2. The summed E-state index contributed by atoms with van der Waals surface area (Å²) in [5, 5.41) is 6.28. The summed E-state index contributed by atoms with van der Waals surface area (Å²) in [6, 6.07) is 15.0. The van der Waals surface area contributed by atoms with Crippen molar-refractivity contribution >= 4 is 27.8 Å². The van der Waals surface area contributed by atoms with Crippen LogP contribution in [0.25, 0.3) is 0 Å². The number of hydrogen-bond acceptors (Lipinski definition) is 2. The number of rotatable bonds is 8. The molecule has 0 saturated carbocycles. The third-order valence-corrected chi connectivity index (χ3v) is 4.59. The molecule has 0 bridgehead atoms. The first-order valence-corrected chi connectivity index (χ1v) is 9.95. The van der Waals surface area contributed by atoms with Crippen LogP contribution in [0.4, 0.5) is 4.39 Å². The number of carbonyl (C=O) groups is 1. The second kappa shape index (κ2) is 11.4. The van der Waals surface area contributed by atoms with Crippen LogP contribution in [0, 0.1) is 5.82 Å². The van der Waals surface area contributed by atoms with Crippen molar-refractivity contribution in [1.29, 1.82) is 0 Å². The molecule has 0 atom stereocenters. The lowest BCUT2D eigenvalue weighted by molar-refractivity contribution is -0.127. The maximum absolute atomic E-state index is 13.9. The molecule has 0 aliphatic rings. The van der Waals surface area contributed by atoms with Crippen molar-refractivity contribution in [1.82, 2.24) is 15.5 Å². The molecule has 2 aromatic carbocycles. The van der Waals surface area contributed by atoms with Crippen LogP contribution in [-0.4, -0.2) is 44.0 Å². The summed E-state index contributed by atoms with van der Waals surface area (Å²) in [7, 11) is 3.43. The lowest BCUT2D eigenvalue weighted by Crippen LogP contribution is -2.43. The quantitative estimate of drug-likeness (QED) is 0.369. The fraction of sp³-hybridized carbons (Fsp3) is 0.333. The van der Waals surface area contributed by atoms with Gasteiger partial charge in [0, 0.05) is 25.1 Å². The Morgan fingerprint density at radius 2 is 1.89 bits per heavy atom. The number of aryl methyl sites for hydroxylation is 1. The molecule has 7 heteroatoms. The van der Waals surface area contributed by atoms with Gasteiger partial charge >= 0.3 is 0 Å². The summed E-state index contributed by atoms with van der Waals surface area (Å²) >= 11 is 3.27. The van der Waals surface area contributed by atoms with E-state index in [0.29, 0.717) is 31.0 Å². The third kappa shape index (κ3) is 7.68. The standard InChI is InChI=1S/C21H26BrFN4O/c1-27(2)20(28)15-26-21(25-14-16-7-4-3-5-8-16)24-12-6-9-17-10-11-18(22)13-19(17)23/h3-5,7-8,10-11,13H,6,9,12,14-15H2,1-2H3,(H2,24,25,26). The van der Waals surface area contributed by atoms with Crippen LogP contribution in [0.3, 0.4) is 0 Å². The molecule has 0 aromatic heterocycles. The molecule has 0 saturated heterocycles. The summed E-state index contributed by atoms with van der Waals surface area (Å²) in [5.41, 5.74) is 1.77. The van der Waals surface area contributed by atoms with E-state index in [-0.39, 0.29) is 18.3 Å². The van der Waals surface area contributed by atoms with E-state index < -0.39 is 0 Å².